The molecule has 0 spiro atoms. The van der Waals surface area contributed by atoms with Gasteiger partial charge < -0.3 is 10.5 Å². The molecule has 2 nitrogen and oxygen atoms in total. The Balaban J connectivity index is 2.10. The molecular weight excluding hydrogens is 258 g/mol. The van der Waals surface area contributed by atoms with Crippen molar-refractivity contribution >= 4 is 0 Å². The Labute approximate surface area is 127 Å². The van der Waals surface area contributed by atoms with E-state index < -0.39 is 0 Å². The van der Waals surface area contributed by atoms with Gasteiger partial charge in [-0.15, -0.1) is 0 Å². The predicted molar refractivity (Wildman–Crippen MR) is 88.6 cm³/mol. The Morgan fingerprint density at radius 1 is 0.857 bits per heavy atom. The molecule has 0 bridgehead atoms. The number of ether oxygens (including phenoxy) is 1. The molecule has 0 aromatic heterocycles. The second-order valence-electron chi connectivity index (χ2n) is 5.78. The molecule has 1 atom stereocenters. The lowest BCUT2D eigenvalue weighted by Crippen LogP contribution is -2.12. The zero-order chi connectivity index (χ0) is 15.2. The Hall–Kier alpha value is -1.64. The summed E-state index contributed by atoms with van der Waals surface area (Å²) in [6, 6.07) is 17.1. The Bertz CT molecular complexity index is 543. The quantitative estimate of drug-likeness (QED) is 0.868. The van der Waals surface area contributed by atoms with Crippen LogP contribution in [-0.2, 0) is 11.2 Å². The van der Waals surface area contributed by atoms with Crippen LogP contribution in [0.3, 0.4) is 0 Å². The smallest absolute Gasteiger partial charge is 0.0551 e. The van der Waals surface area contributed by atoms with E-state index in [1.807, 2.05) is 0 Å². The summed E-state index contributed by atoms with van der Waals surface area (Å²) in [6.07, 6.45) is 0.940. The molecule has 21 heavy (non-hydrogen) atoms. The highest BCUT2D eigenvalue weighted by Gasteiger charge is 2.09. The minimum absolute atomic E-state index is 0.0670. The molecule has 2 rings (SSSR count). The lowest BCUT2D eigenvalue weighted by atomic mass is 9.95. The van der Waals surface area contributed by atoms with Crippen LogP contribution in [0.25, 0.3) is 0 Å². The van der Waals surface area contributed by atoms with E-state index in [4.69, 9.17) is 10.5 Å². The summed E-state index contributed by atoms with van der Waals surface area (Å²) < 4.78 is 5.10. The summed E-state index contributed by atoms with van der Waals surface area (Å²) in [4.78, 5) is 0. The van der Waals surface area contributed by atoms with Gasteiger partial charge in [-0.2, -0.15) is 0 Å². The first-order valence-electron chi connectivity index (χ1n) is 7.55. The van der Waals surface area contributed by atoms with Gasteiger partial charge in [0.1, 0.15) is 0 Å². The van der Waals surface area contributed by atoms with Gasteiger partial charge >= 0.3 is 0 Å². The summed E-state index contributed by atoms with van der Waals surface area (Å²) in [5.41, 5.74) is 11.3. The van der Waals surface area contributed by atoms with Crippen molar-refractivity contribution in [3.05, 3.63) is 70.8 Å². The van der Waals surface area contributed by atoms with Crippen molar-refractivity contribution in [2.24, 2.45) is 5.73 Å². The fourth-order valence-electron chi connectivity index (χ4n) is 2.39. The van der Waals surface area contributed by atoms with Gasteiger partial charge in [0.2, 0.25) is 0 Å². The molecule has 0 heterocycles. The van der Waals surface area contributed by atoms with E-state index in [-0.39, 0.29) is 6.04 Å². The average molecular weight is 283 g/mol. The van der Waals surface area contributed by atoms with E-state index in [0.717, 1.165) is 24.2 Å². The molecule has 0 aliphatic rings. The maximum atomic E-state index is 6.37. The SMILES string of the molecule is COCCc1ccc(C(N)c2ccc(C(C)C)cc2)cc1. The summed E-state index contributed by atoms with van der Waals surface area (Å²) in [7, 11) is 1.73. The van der Waals surface area contributed by atoms with Crippen LogP contribution < -0.4 is 5.73 Å². The van der Waals surface area contributed by atoms with Crippen LogP contribution in [0.15, 0.2) is 48.5 Å². The number of hydrogen-bond acceptors (Lipinski definition) is 2. The number of rotatable bonds is 6. The maximum Gasteiger partial charge on any atom is 0.0551 e. The Kier molecular flexibility index (Phi) is 5.54. The van der Waals surface area contributed by atoms with Crippen LogP contribution in [0.1, 0.15) is 48.1 Å². The Morgan fingerprint density at radius 2 is 1.33 bits per heavy atom. The molecule has 0 amide bonds. The van der Waals surface area contributed by atoms with Crippen molar-refractivity contribution in [1.82, 2.24) is 0 Å². The van der Waals surface area contributed by atoms with Gasteiger partial charge in [0.05, 0.1) is 12.6 Å². The maximum absolute atomic E-state index is 6.37. The highest BCUT2D eigenvalue weighted by molar-refractivity contribution is 5.35. The fourth-order valence-corrected chi connectivity index (χ4v) is 2.39. The third-order valence-corrected chi connectivity index (χ3v) is 3.90. The minimum Gasteiger partial charge on any atom is -0.384 e. The van der Waals surface area contributed by atoms with E-state index in [9.17, 15) is 0 Å². The van der Waals surface area contributed by atoms with E-state index in [1.165, 1.54) is 11.1 Å². The predicted octanol–water partition coefficient (Wildman–Crippen LogP) is 4.05. The molecule has 0 fully saturated rings. The van der Waals surface area contributed by atoms with E-state index in [0.29, 0.717) is 5.92 Å². The number of benzene rings is 2. The minimum atomic E-state index is -0.0670. The highest BCUT2D eigenvalue weighted by atomic mass is 16.5. The van der Waals surface area contributed by atoms with Crippen LogP contribution in [-0.4, -0.2) is 13.7 Å². The summed E-state index contributed by atoms with van der Waals surface area (Å²) in [6.45, 7) is 5.16. The third kappa shape index (κ3) is 4.16. The standard InChI is InChI=1S/C19H25NO/c1-14(2)16-8-10-18(11-9-16)19(20)17-6-4-15(5-7-17)12-13-21-3/h4-11,14,19H,12-13,20H2,1-3H3. The second-order valence-corrected chi connectivity index (χ2v) is 5.78. The van der Waals surface area contributed by atoms with Crippen LogP contribution in [0, 0.1) is 0 Å². The van der Waals surface area contributed by atoms with Gasteiger partial charge in [-0.1, -0.05) is 62.4 Å². The number of hydrogen-bond donors (Lipinski definition) is 1. The summed E-state index contributed by atoms with van der Waals surface area (Å²) in [5.74, 6) is 0.551. The van der Waals surface area contributed by atoms with Gasteiger partial charge in [-0.05, 0) is 34.6 Å². The number of methoxy groups -OCH3 is 1. The van der Waals surface area contributed by atoms with Gasteiger partial charge in [0.25, 0.3) is 0 Å². The van der Waals surface area contributed by atoms with Crippen LogP contribution >= 0.6 is 0 Å². The largest absolute Gasteiger partial charge is 0.384 e. The molecule has 0 aliphatic carbocycles. The van der Waals surface area contributed by atoms with Crippen LogP contribution in [0.4, 0.5) is 0 Å². The summed E-state index contributed by atoms with van der Waals surface area (Å²) >= 11 is 0. The lowest BCUT2D eigenvalue weighted by Gasteiger charge is -2.14. The van der Waals surface area contributed by atoms with Crippen molar-refractivity contribution in [3.63, 3.8) is 0 Å². The average Bonchev–Trinajstić information content (AvgIpc) is 2.53. The van der Waals surface area contributed by atoms with Crippen molar-refractivity contribution in [2.75, 3.05) is 13.7 Å². The topological polar surface area (TPSA) is 35.2 Å². The molecule has 0 saturated carbocycles. The van der Waals surface area contributed by atoms with Gasteiger partial charge in [-0.3, -0.25) is 0 Å². The molecule has 0 saturated heterocycles. The first kappa shape index (κ1) is 15.7. The monoisotopic (exact) mass is 283 g/mol. The van der Waals surface area contributed by atoms with Gasteiger partial charge in [0, 0.05) is 7.11 Å². The highest BCUT2D eigenvalue weighted by Crippen LogP contribution is 2.22. The van der Waals surface area contributed by atoms with Gasteiger partial charge in [-0.25, -0.2) is 0 Å². The molecule has 1 unspecified atom stereocenters. The molecule has 2 N–H and O–H groups in total. The van der Waals surface area contributed by atoms with Crippen molar-refractivity contribution in [1.29, 1.82) is 0 Å². The second kappa shape index (κ2) is 7.39. The Morgan fingerprint density at radius 3 is 1.81 bits per heavy atom. The van der Waals surface area contributed by atoms with E-state index in [2.05, 4.69) is 62.4 Å². The fraction of sp³-hybridized carbons (Fsp3) is 0.368. The molecule has 2 heteroatoms. The zero-order valence-electron chi connectivity index (χ0n) is 13.2. The summed E-state index contributed by atoms with van der Waals surface area (Å²) in [5, 5.41) is 0. The van der Waals surface area contributed by atoms with Crippen molar-refractivity contribution in [2.45, 2.75) is 32.2 Å². The molecule has 2 aromatic carbocycles. The van der Waals surface area contributed by atoms with Crippen molar-refractivity contribution in [3.8, 4) is 0 Å². The van der Waals surface area contributed by atoms with E-state index >= 15 is 0 Å². The lowest BCUT2D eigenvalue weighted by molar-refractivity contribution is 0.202. The van der Waals surface area contributed by atoms with E-state index in [1.54, 1.807) is 7.11 Å². The van der Waals surface area contributed by atoms with Crippen molar-refractivity contribution < 1.29 is 4.74 Å². The number of nitrogens with two attached hydrogens (primary N) is 1. The van der Waals surface area contributed by atoms with Gasteiger partial charge in [0.15, 0.2) is 0 Å². The first-order valence-corrected chi connectivity index (χ1v) is 7.55. The molecule has 2 aromatic rings. The molecule has 0 radical (unpaired) electrons. The first-order chi connectivity index (χ1) is 10.1. The molecular formula is C19H25NO. The van der Waals surface area contributed by atoms with Crippen LogP contribution in [0.5, 0.6) is 0 Å². The normalized spacial score (nSPS) is 12.6. The third-order valence-electron chi connectivity index (χ3n) is 3.90. The molecule has 0 aliphatic heterocycles. The molecule has 112 valence electrons. The van der Waals surface area contributed by atoms with Crippen LogP contribution in [0.2, 0.25) is 0 Å². The zero-order valence-corrected chi connectivity index (χ0v) is 13.2.